The fourth-order valence-electron chi connectivity index (χ4n) is 3.70. The van der Waals surface area contributed by atoms with Gasteiger partial charge in [-0.25, -0.2) is 0 Å². The highest BCUT2D eigenvalue weighted by Crippen LogP contribution is 2.38. The highest BCUT2D eigenvalue weighted by molar-refractivity contribution is 5.92. The van der Waals surface area contributed by atoms with Crippen molar-refractivity contribution in [3.05, 3.63) is 89.3 Å². The van der Waals surface area contributed by atoms with E-state index in [1.54, 1.807) is 0 Å². The standard InChI is InChI=1S/C25H30N2/c1-6-10-20-15-14-18(3)16-25(20)27(5)24(11-7-2)22-17-26-23-13-9-8-12-21(23)19(22)4/h8-9,11-17,26H,4,6-7,10H2,1-3,5H3/b24-11-. The van der Waals surface area contributed by atoms with E-state index in [9.17, 15) is 0 Å². The van der Waals surface area contributed by atoms with E-state index in [4.69, 9.17) is 0 Å². The monoisotopic (exact) mass is 358 g/mol. The number of anilines is 2. The molecule has 2 aromatic rings. The summed E-state index contributed by atoms with van der Waals surface area (Å²) in [6.45, 7) is 11.0. The third kappa shape index (κ3) is 3.85. The fraction of sp³-hybridized carbons (Fsp3) is 0.280. The molecule has 1 N–H and O–H groups in total. The molecule has 1 aliphatic rings. The molecule has 0 saturated heterocycles. The van der Waals surface area contributed by atoms with Crippen LogP contribution in [0.4, 0.5) is 11.4 Å². The Balaban J connectivity index is 2.03. The van der Waals surface area contributed by atoms with Gasteiger partial charge in [0.05, 0.1) is 0 Å². The van der Waals surface area contributed by atoms with Crippen LogP contribution in [-0.2, 0) is 6.42 Å². The van der Waals surface area contributed by atoms with Crippen molar-refractivity contribution in [1.29, 1.82) is 0 Å². The van der Waals surface area contributed by atoms with Crippen molar-refractivity contribution < 1.29 is 0 Å². The topological polar surface area (TPSA) is 15.3 Å². The van der Waals surface area contributed by atoms with E-state index in [0.717, 1.165) is 36.1 Å². The van der Waals surface area contributed by atoms with Crippen LogP contribution in [0.1, 0.15) is 43.4 Å². The van der Waals surface area contributed by atoms with Crippen molar-refractivity contribution in [1.82, 2.24) is 0 Å². The lowest BCUT2D eigenvalue weighted by atomic mass is 9.92. The van der Waals surface area contributed by atoms with Gasteiger partial charge in [0.1, 0.15) is 0 Å². The van der Waals surface area contributed by atoms with Gasteiger partial charge in [0, 0.05) is 41.5 Å². The Labute approximate surface area is 163 Å². The first-order valence-electron chi connectivity index (χ1n) is 9.86. The molecule has 2 aromatic carbocycles. The first kappa shape index (κ1) is 19.0. The predicted octanol–water partition coefficient (Wildman–Crippen LogP) is 6.70. The van der Waals surface area contributed by atoms with Crippen LogP contribution in [0, 0.1) is 6.92 Å². The van der Waals surface area contributed by atoms with Gasteiger partial charge >= 0.3 is 0 Å². The molecule has 27 heavy (non-hydrogen) atoms. The minimum atomic E-state index is 0.973. The summed E-state index contributed by atoms with van der Waals surface area (Å²) in [4.78, 5) is 2.33. The summed E-state index contributed by atoms with van der Waals surface area (Å²) in [5, 5.41) is 3.45. The van der Waals surface area contributed by atoms with Crippen LogP contribution in [0.15, 0.2) is 72.6 Å². The lowest BCUT2D eigenvalue weighted by molar-refractivity contribution is 0.911. The molecule has 0 atom stereocenters. The Morgan fingerprint density at radius 1 is 1.15 bits per heavy atom. The van der Waals surface area contributed by atoms with E-state index in [1.165, 1.54) is 28.1 Å². The third-order valence-corrected chi connectivity index (χ3v) is 5.11. The fourth-order valence-corrected chi connectivity index (χ4v) is 3.70. The average molecular weight is 359 g/mol. The molecule has 2 nitrogen and oxygen atoms in total. The average Bonchev–Trinajstić information content (AvgIpc) is 2.68. The second-order valence-electron chi connectivity index (χ2n) is 7.17. The largest absolute Gasteiger partial charge is 0.360 e. The van der Waals surface area contributed by atoms with Gasteiger partial charge in [0.25, 0.3) is 0 Å². The number of fused-ring (bicyclic) bond motifs is 1. The maximum absolute atomic E-state index is 4.42. The van der Waals surface area contributed by atoms with Crippen LogP contribution in [0.5, 0.6) is 0 Å². The second-order valence-corrected chi connectivity index (χ2v) is 7.17. The zero-order valence-corrected chi connectivity index (χ0v) is 17.0. The molecule has 0 radical (unpaired) electrons. The summed E-state index contributed by atoms with van der Waals surface area (Å²) in [6.07, 6.45) is 7.59. The first-order valence-corrected chi connectivity index (χ1v) is 9.86. The van der Waals surface area contributed by atoms with Crippen molar-refractivity contribution in [2.45, 2.75) is 40.0 Å². The Morgan fingerprint density at radius 3 is 2.67 bits per heavy atom. The lowest BCUT2D eigenvalue weighted by Gasteiger charge is -2.31. The van der Waals surface area contributed by atoms with Crippen LogP contribution in [0.2, 0.25) is 0 Å². The Hall–Kier alpha value is -2.74. The molecule has 0 saturated carbocycles. The van der Waals surface area contributed by atoms with Gasteiger partial charge in [-0.05, 0) is 48.6 Å². The Morgan fingerprint density at radius 2 is 1.93 bits per heavy atom. The summed E-state index contributed by atoms with van der Waals surface area (Å²) >= 11 is 0. The molecular weight excluding hydrogens is 328 g/mol. The van der Waals surface area contributed by atoms with Crippen LogP contribution in [0.25, 0.3) is 5.57 Å². The second kappa shape index (κ2) is 8.30. The molecule has 0 amide bonds. The highest BCUT2D eigenvalue weighted by atomic mass is 15.1. The summed E-state index contributed by atoms with van der Waals surface area (Å²) in [6, 6.07) is 15.1. The molecule has 2 heteroatoms. The van der Waals surface area contributed by atoms with Crippen molar-refractivity contribution in [3.63, 3.8) is 0 Å². The first-order chi connectivity index (χ1) is 13.1. The maximum atomic E-state index is 4.42. The number of aryl methyl sites for hydroxylation is 2. The number of hydrogen-bond donors (Lipinski definition) is 1. The van der Waals surface area contributed by atoms with Gasteiger partial charge in [-0.3, -0.25) is 0 Å². The normalized spacial score (nSPS) is 13.7. The van der Waals surface area contributed by atoms with Gasteiger partial charge < -0.3 is 10.2 Å². The summed E-state index contributed by atoms with van der Waals surface area (Å²) in [7, 11) is 2.17. The summed E-state index contributed by atoms with van der Waals surface area (Å²) in [5.41, 5.74) is 9.67. The molecule has 3 rings (SSSR count). The van der Waals surface area contributed by atoms with Gasteiger partial charge in [0.15, 0.2) is 0 Å². The van der Waals surface area contributed by atoms with Gasteiger partial charge in [-0.1, -0.05) is 63.3 Å². The number of benzene rings is 2. The van der Waals surface area contributed by atoms with Gasteiger partial charge in [-0.15, -0.1) is 0 Å². The molecule has 0 spiro atoms. The number of rotatable bonds is 6. The molecule has 0 unspecified atom stereocenters. The number of nitrogens with one attached hydrogen (secondary N) is 1. The molecule has 1 heterocycles. The van der Waals surface area contributed by atoms with Crippen molar-refractivity contribution in [2.24, 2.45) is 0 Å². The van der Waals surface area contributed by atoms with E-state index in [2.05, 4.69) is 99.4 Å². The van der Waals surface area contributed by atoms with E-state index in [-0.39, 0.29) is 0 Å². The predicted molar refractivity (Wildman–Crippen MR) is 119 cm³/mol. The van der Waals surface area contributed by atoms with Crippen LogP contribution < -0.4 is 10.2 Å². The van der Waals surface area contributed by atoms with Crippen molar-refractivity contribution >= 4 is 16.9 Å². The molecular formula is C25H30N2. The lowest BCUT2D eigenvalue weighted by Crippen LogP contribution is -2.22. The van der Waals surface area contributed by atoms with Crippen LogP contribution in [-0.4, -0.2) is 7.05 Å². The number of para-hydroxylation sites is 1. The quantitative estimate of drug-likeness (QED) is 0.618. The van der Waals surface area contributed by atoms with Crippen molar-refractivity contribution in [3.8, 4) is 0 Å². The highest BCUT2D eigenvalue weighted by Gasteiger charge is 2.21. The summed E-state index contributed by atoms with van der Waals surface area (Å²) < 4.78 is 0. The number of allylic oxidation sites excluding steroid dienone is 2. The zero-order chi connectivity index (χ0) is 19.4. The molecule has 1 aliphatic heterocycles. The number of nitrogens with zero attached hydrogens (tertiary/aromatic N) is 1. The third-order valence-electron chi connectivity index (χ3n) is 5.11. The molecule has 0 aliphatic carbocycles. The number of hydrogen-bond acceptors (Lipinski definition) is 2. The zero-order valence-electron chi connectivity index (χ0n) is 17.0. The maximum Gasteiger partial charge on any atom is 0.0462 e. The minimum absolute atomic E-state index is 0.973. The van der Waals surface area contributed by atoms with E-state index < -0.39 is 0 Å². The Kier molecular flexibility index (Phi) is 5.85. The molecule has 140 valence electrons. The SMILES string of the molecule is C=C1C(/C(=C/CC)N(C)c2cc(C)ccc2CCC)=CNc2ccccc21. The number of likely N-dealkylation sites (N-methyl/N-ethyl adjacent to an activating group) is 1. The van der Waals surface area contributed by atoms with Crippen LogP contribution in [0.3, 0.4) is 0 Å². The van der Waals surface area contributed by atoms with Gasteiger partial charge in [0.2, 0.25) is 0 Å². The molecule has 0 bridgehead atoms. The summed E-state index contributed by atoms with van der Waals surface area (Å²) in [5.74, 6) is 0. The van der Waals surface area contributed by atoms with E-state index in [1.807, 2.05) is 0 Å². The Bertz CT molecular complexity index is 902. The minimum Gasteiger partial charge on any atom is -0.360 e. The van der Waals surface area contributed by atoms with Crippen LogP contribution >= 0.6 is 0 Å². The van der Waals surface area contributed by atoms with Crippen molar-refractivity contribution in [2.75, 3.05) is 17.3 Å². The van der Waals surface area contributed by atoms with E-state index >= 15 is 0 Å². The molecule has 0 fully saturated rings. The van der Waals surface area contributed by atoms with E-state index in [0.29, 0.717) is 0 Å². The molecule has 0 aromatic heterocycles. The van der Waals surface area contributed by atoms with Gasteiger partial charge in [-0.2, -0.15) is 0 Å². The smallest absolute Gasteiger partial charge is 0.0462 e.